The van der Waals surface area contributed by atoms with Crippen LogP contribution in [0.4, 0.5) is 0 Å². The van der Waals surface area contributed by atoms with Gasteiger partial charge in [-0.05, 0) is 12.3 Å². The van der Waals surface area contributed by atoms with Crippen molar-refractivity contribution < 1.29 is 9.59 Å². The van der Waals surface area contributed by atoms with Gasteiger partial charge in [0.2, 0.25) is 0 Å². The molecule has 2 amide bonds. The summed E-state index contributed by atoms with van der Waals surface area (Å²) in [4.78, 5) is 22.4. The van der Waals surface area contributed by atoms with E-state index in [9.17, 15) is 9.59 Å². The summed E-state index contributed by atoms with van der Waals surface area (Å²) in [5.74, 6) is -0.629. The third-order valence-corrected chi connectivity index (χ3v) is 2.33. The number of amides is 2. The van der Waals surface area contributed by atoms with Gasteiger partial charge in [-0.3, -0.25) is 9.59 Å². The monoisotopic (exact) mass is 214 g/mol. The molecule has 0 aromatic carbocycles. The molecule has 0 aromatic rings. The Bertz CT molecular complexity index is 205. The maximum atomic E-state index is 11.2. The first kappa shape index (κ1) is 13.9. The van der Waals surface area contributed by atoms with Gasteiger partial charge in [-0.15, -0.1) is 0 Å². The van der Waals surface area contributed by atoms with E-state index in [1.165, 1.54) is 0 Å². The van der Waals surface area contributed by atoms with E-state index in [0.29, 0.717) is 19.0 Å². The SMILES string of the molecule is CCCCNC(=O)C(=O)NCC(C)CC. The Balaban J connectivity index is 3.65. The van der Waals surface area contributed by atoms with E-state index in [0.717, 1.165) is 19.3 Å². The molecule has 0 saturated heterocycles. The second-order valence-electron chi connectivity index (χ2n) is 3.83. The van der Waals surface area contributed by atoms with Gasteiger partial charge in [0, 0.05) is 13.1 Å². The highest BCUT2D eigenvalue weighted by molar-refractivity contribution is 6.35. The lowest BCUT2D eigenvalue weighted by Gasteiger charge is -2.09. The van der Waals surface area contributed by atoms with Crippen molar-refractivity contribution in [3.8, 4) is 0 Å². The number of rotatable bonds is 6. The van der Waals surface area contributed by atoms with Crippen LogP contribution >= 0.6 is 0 Å². The molecule has 4 heteroatoms. The summed E-state index contributed by atoms with van der Waals surface area (Å²) in [6, 6.07) is 0. The highest BCUT2D eigenvalue weighted by Gasteiger charge is 2.12. The summed E-state index contributed by atoms with van der Waals surface area (Å²) in [5.41, 5.74) is 0. The molecule has 0 heterocycles. The van der Waals surface area contributed by atoms with Crippen LogP contribution in [0.2, 0.25) is 0 Å². The van der Waals surface area contributed by atoms with Crippen molar-refractivity contribution in [1.29, 1.82) is 0 Å². The number of carbonyl (C=O) groups excluding carboxylic acids is 2. The van der Waals surface area contributed by atoms with Crippen molar-refractivity contribution >= 4 is 11.8 Å². The van der Waals surface area contributed by atoms with Gasteiger partial charge in [-0.25, -0.2) is 0 Å². The highest BCUT2D eigenvalue weighted by Crippen LogP contribution is 1.96. The number of hydrogen-bond acceptors (Lipinski definition) is 2. The second-order valence-corrected chi connectivity index (χ2v) is 3.83. The summed E-state index contributed by atoms with van der Waals surface area (Å²) >= 11 is 0. The Morgan fingerprint density at radius 3 is 2.27 bits per heavy atom. The molecule has 0 radical (unpaired) electrons. The molecule has 0 spiro atoms. The molecule has 0 rings (SSSR count). The zero-order valence-electron chi connectivity index (χ0n) is 9.93. The first-order chi connectivity index (χ1) is 7.11. The van der Waals surface area contributed by atoms with Crippen molar-refractivity contribution in [2.45, 2.75) is 40.0 Å². The largest absolute Gasteiger partial charge is 0.348 e. The van der Waals surface area contributed by atoms with Gasteiger partial charge in [-0.1, -0.05) is 33.6 Å². The molecule has 1 unspecified atom stereocenters. The Labute approximate surface area is 91.8 Å². The maximum Gasteiger partial charge on any atom is 0.309 e. The van der Waals surface area contributed by atoms with Crippen LogP contribution in [0.3, 0.4) is 0 Å². The van der Waals surface area contributed by atoms with Crippen LogP contribution in [0.25, 0.3) is 0 Å². The topological polar surface area (TPSA) is 58.2 Å². The van der Waals surface area contributed by atoms with Crippen molar-refractivity contribution in [3.63, 3.8) is 0 Å². The Kier molecular flexibility index (Phi) is 7.68. The molecule has 0 fully saturated rings. The van der Waals surface area contributed by atoms with E-state index in [1.807, 2.05) is 13.8 Å². The standard InChI is InChI=1S/C11H22N2O2/c1-4-6-7-12-10(14)11(15)13-8-9(3)5-2/h9H,4-8H2,1-3H3,(H,12,14)(H,13,15). The lowest BCUT2D eigenvalue weighted by molar-refractivity contribution is -0.139. The molecule has 0 aromatic heterocycles. The maximum absolute atomic E-state index is 11.2. The molecule has 4 nitrogen and oxygen atoms in total. The quantitative estimate of drug-likeness (QED) is 0.513. The van der Waals surface area contributed by atoms with E-state index in [-0.39, 0.29) is 0 Å². The first-order valence-corrected chi connectivity index (χ1v) is 5.67. The number of nitrogens with one attached hydrogen (secondary N) is 2. The molecule has 0 aliphatic carbocycles. The number of hydrogen-bond donors (Lipinski definition) is 2. The number of unbranched alkanes of at least 4 members (excludes halogenated alkanes) is 1. The van der Waals surface area contributed by atoms with Gasteiger partial charge in [0.25, 0.3) is 0 Å². The molecule has 0 bridgehead atoms. The van der Waals surface area contributed by atoms with Crippen LogP contribution in [0.1, 0.15) is 40.0 Å². The molecule has 88 valence electrons. The van der Waals surface area contributed by atoms with Crippen molar-refractivity contribution in [2.75, 3.05) is 13.1 Å². The summed E-state index contributed by atoms with van der Waals surface area (Å²) in [5, 5.41) is 5.18. The average molecular weight is 214 g/mol. The summed E-state index contributed by atoms with van der Waals surface area (Å²) in [6.45, 7) is 7.27. The van der Waals surface area contributed by atoms with Gasteiger partial charge in [-0.2, -0.15) is 0 Å². The van der Waals surface area contributed by atoms with Crippen molar-refractivity contribution in [3.05, 3.63) is 0 Å². The van der Waals surface area contributed by atoms with E-state index < -0.39 is 11.8 Å². The summed E-state index contributed by atoms with van der Waals surface area (Å²) in [7, 11) is 0. The minimum Gasteiger partial charge on any atom is -0.348 e. The van der Waals surface area contributed by atoms with Crippen LogP contribution in [0.15, 0.2) is 0 Å². The van der Waals surface area contributed by atoms with Gasteiger partial charge >= 0.3 is 11.8 Å². The molecule has 0 saturated carbocycles. The zero-order chi connectivity index (χ0) is 11.7. The molecular weight excluding hydrogens is 192 g/mol. The Hall–Kier alpha value is -1.06. The first-order valence-electron chi connectivity index (χ1n) is 5.67. The van der Waals surface area contributed by atoms with Crippen LogP contribution < -0.4 is 10.6 Å². The normalized spacial score (nSPS) is 11.9. The fourth-order valence-electron chi connectivity index (χ4n) is 0.951. The van der Waals surface area contributed by atoms with Crippen LogP contribution in [-0.2, 0) is 9.59 Å². The minimum atomic E-state index is -0.522. The van der Waals surface area contributed by atoms with Crippen LogP contribution in [0, 0.1) is 5.92 Å². The summed E-state index contributed by atoms with van der Waals surface area (Å²) < 4.78 is 0. The van der Waals surface area contributed by atoms with Crippen molar-refractivity contribution in [2.24, 2.45) is 5.92 Å². The predicted octanol–water partition coefficient (Wildman–Crippen LogP) is 1.06. The van der Waals surface area contributed by atoms with Crippen LogP contribution in [0.5, 0.6) is 0 Å². The molecule has 0 aliphatic rings. The van der Waals surface area contributed by atoms with Gasteiger partial charge in [0.05, 0.1) is 0 Å². The Morgan fingerprint density at radius 2 is 1.73 bits per heavy atom. The van der Waals surface area contributed by atoms with E-state index in [4.69, 9.17) is 0 Å². The third-order valence-electron chi connectivity index (χ3n) is 2.33. The van der Waals surface area contributed by atoms with Gasteiger partial charge in [0.1, 0.15) is 0 Å². The molecule has 1 atom stereocenters. The van der Waals surface area contributed by atoms with E-state index in [2.05, 4.69) is 17.6 Å². The lowest BCUT2D eigenvalue weighted by atomic mass is 10.1. The zero-order valence-corrected chi connectivity index (χ0v) is 9.93. The molecule has 2 N–H and O–H groups in total. The smallest absolute Gasteiger partial charge is 0.309 e. The molecule has 0 aliphatic heterocycles. The van der Waals surface area contributed by atoms with E-state index in [1.54, 1.807) is 0 Å². The average Bonchev–Trinajstić information content (AvgIpc) is 2.25. The van der Waals surface area contributed by atoms with E-state index >= 15 is 0 Å². The van der Waals surface area contributed by atoms with Gasteiger partial charge < -0.3 is 10.6 Å². The predicted molar refractivity (Wildman–Crippen MR) is 60.4 cm³/mol. The third kappa shape index (κ3) is 6.94. The second kappa shape index (κ2) is 8.26. The van der Waals surface area contributed by atoms with Crippen LogP contribution in [-0.4, -0.2) is 24.9 Å². The minimum absolute atomic E-state index is 0.414. The highest BCUT2D eigenvalue weighted by atomic mass is 16.2. The molecular formula is C11H22N2O2. The van der Waals surface area contributed by atoms with Gasteiger partial charge in [0.15, 0.2) is 0 Å². The fourth-order valence-corrected chi connectivity index (χ4v) is 0.951. The lowest BCUT2D eigenvalue weighted by Crippen LogP contribution is -2.41. The number of carbonyl (C=O) groups is 2. The summed E-state index contributed by atoms with van der Waals surface area (Å²) in [6.07, 6.45) is 2.91. The van der Waals surface area contributed by atoms with Crippen molar-refractivity contribution in [1.82, 2.24) is 10.6 Å². The molecule has 15 heavy (non-hydrogen) atoms. The fraction of sp³-hybridized carbons (Fsp3) is 0.818. The Morgan fingerprint density at radius 1 is 1.13 bits per heavy atom.